The van der Waals surface area contributed by atoms with Crippen LogP contribution in [0.4, 0.5) is 17.1 Å². The normalized spacial score (nSPS) is 9.89. The number of benzene rings is 1. The average Bonchev–Trinajstić information content (AvgIpc) is 2.26. The van der Waals surface area contributed by atoms with Crippen molar-refractivity contribution >= 4 is 33.0 Å². The van der Waals surface area contributed by atoms with Gasteiger partial charge in [0.15, 0.2) is 4.47 Å². The number of nitro benzene ring substituents is 3. The average molecular weight is 322 g/mol. The Hall–Kier alpha value is -2.30. The van der Waals surface area contributed by atoms with Crippen molar-refractivity contribution < 1.29 is 19.5 Å². The Kier molecular flexibility index (Phi) is 3.76. The van der Waals surface area contributed by atoms with Gasteiger partial charge >= 0.3 is 11.4 Å². The second-order valence-electron chi connectivity index (χ2n) is 2.88. The van der Waals surface area contributed by atoms with Crippen molar-refractivity contribution in [2.24, 2.45) is 0 Å². The maximum Gasteiger partial charge on any atom is 0.339 e. The maximum absolute atomic E-state index is 10.8. The molecule has 0 aromatic heterocycles. The van der Waals surface area contributed by atoms with Crippen molar-refractivity contribution in [2.75, 3.05) is 7.11 Å². The Balaban J connectivity index is 3.81. The van der Waals surface area contributed by atoms with E-state index in [0.29, 0.717) is 6.07 Å². The lowest BCUT2D eigenvalue weighted by Gasteiger charge is -2.04. The first-order chi connectivity index (χ1) is 8.31. The maximum atomic E-state index is 10.8. The summed E-state index contributed by atoms with van der Waals surface area (Å²) in [6.07, 6.45) is 0. The molecule has 0 aliphatic heterocycles. The van der Waals surface area contributed by atoms with Gasteiger partial charge < -0.3 is 4.74 Å². The fraction of sp³-hybridized carbons (Fsp3) is 0.143. The Morgan fingerprint density at radius 2 is 1.56 bits per heavy atom. The van der Waals surface area contributed by atoms with E-state index in [2.05, 4.69) is 20.7 Å². The van der Waals surface area contributed by atoms with Crippen molar-refractivity contribution in [3.8, 4) is 5.75 Å². The van der Waals surface area contributed by atoms with Crippen LogP contribution in [0.5, 0.6) is 5.75 Å². The predicted octanol–water partition coefficient (Wildman–Crippen LogP) is 2.18. The van der Waals surface area contributed by atoms with Gasteiger partial charge in [-0.15, -0.1) is 0 Å². The number of nitrogens with zero attached hydrogens (tertiary/aromatic N) is 3. The van der Waals surface area contributed by atoms with E-state index < -0.39 is 42.1 Å². The zero-order chi connectivity index (χ0) is 14.0. The summed E-state index contributed by atoms with van der Waals surface area (Å²) < 4.78 is 4.09. The Bertz CT molecular complexity index is 558. The zero-order valence-electron chi connectivity index (χ0n) is 8.65. The van der Waals surface area contributed by atoms with E-state index in [1.165, 1.54) is 0 Å². The van der Waals surface area contributed by atoms with Crippen LogP contribution in [-0.2, 0) is 0 Å². The third kappa shape index (κ3) is 2.20. The molecule has 10 nitrogen and oxygen atoms in total. The highest BCUT2D eigenvalue weighted by atomic mass is 79.9. The molecule has 1 aromatic carbocycles. The highest BCUT2D eigenvalue weighted by Gasteiger charge is 2.36. The second-order valence-corrected chi connectivity index (χ2v) is 3.67. The second kappa shape index (κ2) is 4.91. The molecule has 0 aliphatic rings. The molecule has 1 rings (SSSR count). The third-order valence-corrected chi connectivity index (χ3v) is 2.72. The molecule has 0 spiro atoms. The topological polar surface area (TPSA) is 139 Å². The molecule has 1 aromatic rings. The summed E-state index contributed by atoms with van der Waals surface area (Å²) in [5.41, 5.74) is -2.49. The van der Waals surface area contributed by atoms with E-state index in [4.69, 9.17) is 0 Å². The molecular weight excluding hydrogens is 318 g/mol. The molecule has 11 heteroatoms. The first-order valence-electron chi connectivity index (χ1n) is 4.14. The van der Waals surface area contributed by atoms with Gasteiger partial charge in [-0.25, -0.2) is 0 Å². The van der Waals surface area contributed by atoms with Crippen molar-refractivity contribution in [3.05, 3.63) is 40.9 Å². The van der Waals surface area contributed by atoms with E-state index >= 15 is 0 Å². The van der Waals surface area contributed by atoms with Gasteiger partial charge in [0.1, 0.15) is 0 Å². The quantitative estimate of drug-likeness (QED) is 0.611. The van der Waals surface area contributed by atoms with Crippen molar-refractivity contribution in [2.45, 2.75) is 0 Å². The monoisotopic (exact) mass is 321 g/mol. The standard InChI is InChI=1S/C7H4BrN3O7/c1-18-7-4(10(14)15)2-3(9(12)13)5(8)6(7)11(16)17/h2H,1H3. The largest absolute Gasteiger partial charge is 0.485 e. The first-order valence-corrected chi connectivity index (χ1v) is 4.94. The summed E-state index contributed by atoms with van der Waals surface area (Å²) in [5, 5.41) is 32.2. The summed E-state index contributed by atoms with van der Waals surface area (Å²) in [4.78, 5) is 29.2. The van der Waals surface area contributed by atoms with Crippen LogP contribution in [0.15, 0.2) is 10.5 Å². The van der Waals surface area contributed by atoms with Crippen LogP contribution < -0.4 is 4.74 Å². The number of halogens is 1. The molecule has 0 heterocycles. The number of hydrogen-bond acceptors (Lipinski definition) is 7. The van der Waals surface area contributed by atoms with Gasteiger partial charge in [0.05, 0.1) is 27.9 Å². The lowest BCUT2D eigenvalue weighted by atomic mass is 10.2. The van der Waals surface area contributed by atoms with Crippen LogP contribution >= 0.6 is 15.9 Å². The lowest BCUT2D eigenvalue weighted by Crippen LogP contribution is -2.02. The van der Waals surface area contributed by atoms with Crippen molar-refractivity contribution in [1.29, 1.82) is 0 Å². The minimum atomic E-state index is -0.997. The molecule has 0 atom stereocenters. The molecule has 0 unspecified atom stereocenters. The molecule has 0 radical (unpaired) electrons. The van der Waals surface area contributed by atoms with Crippen LogP contribution in [0.25, 0.3) is 0 Å². The van der Waals surface area contributed by atoms with E-state index in [0.717, 1.165) is 7.11 Å². The number of ether oxygens (including phenoxy) is 1. The van der Waals surface area contributed by atoms with E-state index in [9.17, 15) is 30.3 Å². The smallest absolute Gasteiger partial charge is 0.339 e. The minimum Gasteiger partial charge on any atom is -0.485 e. The molecule has 0 amide bonds. The van der Waals surface area contributed by atoms with E-state index in [1.54, 1.807) is 0 Å². The zero-order valence-corrected chi connectivity index (χ0v) is 10.2. The summed E-state index contributed by atoms with van der Waals surface area (Å²) in [7, 11) is 0.994. The Morgan fingerprint density at radius 3 is 1.89 bits per heavy atom. The number of hydrogen-bond donors (Lipinski definition) is 0. The third-order valence-electron chi connectivity index (χ3n) is 1.93. The molecule has 0 bridgehead atoms. The molecule has 0 saturated carbocycles. The minimum absolute atomic E-state index is 0.486. The van der Waals surface area contributed by atoms with Crippen molar-refractivity contribution in [3.63, 3.8) is 0 Å². The fourth-order valence-corrected chi connectivity index (χ4v) is 1.82. The molecule has 18 heavy (non-hydrogen) atoms. The summed E-state index contributed by atoms with van der Waals surface area (Å²) in [6, 6.07) is 0.593. The molecular formula is C7H4BrN3O7. The van der Waals surface area contributed by atoms with Gasteiger partial charge in [-0.2, -0.15) is 0 Å². The lowest BCUT2D eigenvalue weighted by molar-refractivity contribution is -0.405. The summed E-state index contributed by atoms with van der Waals surface area (Å²) >= 11 is 2.67. The van der Waals surface area contributed by atoms with Crippen LogP contribution in [0, 0.1) is 30.3 Å². The SMILES string of the molecule is COc1c([N+](=O)[O-])cc([N+](=O)[O-])c(Br)c1[N+](=O)[O-]. The highest BCUT2D eigenvalue weighted by molar-refractivity contribution is 9.10. The molecule has 0 N–H and O–H groups in total. The Labute approximate surface area is 107 Å². The highest BCUT2D eigenvalue weighted by Crippen LogP contribution is 2.46. The van der Waals surface area contributed by atoms with Gasteiger partial charge in [-0.3, -0.25) is 30.3 Å². The van der Waals surface area contributed by atoms with Gasteiger partial charge in [-0.1, -0.05) is 0 Å². The van der Waals surface area contributed by atoms with E-state index in [-0.39, 0.29) is 0 Å². The number of rotatable bonds is 4. The van der Waals surface area contributed by atoms with Crippen LogP contribution in [-0.4, -0.2) is 21.9 Å². The van der Waals surface area contributed by atoms with Gasteiger partial charge in [0, 0.05) is 0 Å². The van der Waals surface area contributed by atoms with Gasteiger partial charge in [-0.05, 0) is 15.9 Å². The molecule has 0 saturated heterocycles. The van der Waals surface area contributed by atoms with Crippen LogP contribution in [0.2, 0.25) is 0 Å². The summed E-state index contributed by atoms with van der Waals surface area (Å²) in [5.74, 6) is -0.650. The predicted molar refractivity (Wildman–Crippen MR) is 60.7 cm³/mol. The van der Waals surface area contributed by atoms with E-state index in [1.807, 2.05) is 0 Å². The van der Waals surface area contributed by atoms with Crippen LogP contribution in [0.3, 0.4) is 0 Å². The molecule has 96 valence electrons. The number of methoxy groups -OCH3 is 1. The Morgan fingerprint density at radius 1 is 1.06 bits per heavy atom. The van der Waals surface area contributed by atoms with Gasteiger partial charge in [0.25, 0.3) is 11.4 Å². The molecule has 0 aliphatic carbocycles. The summed E-state index contributed by atoms with van der Waals surface area (Å²) in [6.45, 7) is 0. The van der Waals surface area contributed by atoms with Gasteiger partial charge in [0.2, 0.25) is 0 Å². The fourth-order valence-electron chi connectivity index (χ4n) is 1.23. The number of nitro groups is 3. The first kappa shape index (κ1) is 13.8. The van der Waals surface area contributed by atoms with Crippen molar-refractivity contribution in [1.82, 2.24) is 0 Å². The molecule has 0 fully saturated rings. The van der Waals surface area contributed by atoms with Crippen LogP contribution in [0.1, 0.15) is 0 Å².